The number of rotatable bonds is 2. The number of aryl methyl sites for hydroxylation is 1. The number of halogens is 2. The third kappa shape index (κ3) is 4.52. The highest BCUT2D eigenvalue weighted by Crippen LogP contribution is 2.25. The summed E-state index contributed by atoms with van der Waals surface area (Å²) in [6, 6.07) is 12.6. The summed E-state index contributed by atoms with van der Waals surface area (Å²) in [6.07, 6.45) is 0. The number of hydrogen-bond acceptors (Lipinski definition) is 2. The minimum absolute atomic E-state index is 0.199. The molecule has 0 aliphatic carbocycles. The molecule has 0 fully saturated rings. The smallest absolute Gasteiger partial charge is 0.257 e. The van der Waals surface area contributed by atoms with Crippen molar-refractivity contribution < 1.29 is 4.79 Å². The maximum atomic E-state index is 12.0. The Morgan fingerprint density at radius 2 is 1.86 bits per heavy atom. The van der Waals surface area contributed by atoms with Gasteiger partial charge in [0.2, 0.25) is 0 Å². The first kappa shape index (κ1) is 15.9. The molecule has 0 aromatic heterocycles. The zero-order valence-electron chi connectivity index (χ0n) is 11.1. The van der Waals surface area contributed by atoms with Crippen molar-refractivity contribution in [2.24, 2.45) is 0 Å². The van der Waals surface area contributed by atoms with Gasteiger partial charge >= 0.3 is 0 Å². The molecule has 0 aliphatic heterocycles. The molecule has 6 heteroatoms. The van der Waals surface area contributed by atoms with Crippen molar-refractivity contribution in [1.82, 2.24) is 5.32 Å². The largest absolute Gasteiger partial charge is 0.331 e. The van der Waals surface area contributed by atoms with Crippen LogP contribution in [0.3, 0.4) is 0 Å². The molecule has 0 bridgehead atoms. The fraction of sp³-hybridized carbons (Fsp3) is 0.0667. The Hall–Kier alpha value is -1.43. The Labute approximate surface area is 141 Å². The van der Waals surface area contributed by atoms with Gasteiger partial charge in [-0.1, -0.05) is 45.2 Å². The number of amides is 1. The van der Waals surface area contributed by atoms with E-state index in [0.717, 1.165) is 10.0 Å². The number of carbonyl (C=O) groups excluding carboxylic acids is 1. The molecule has 2 aromatic carbocycles. The van der Waals surface area contributed by atoms with E-state index in [0.29, 0.717) is 16.3 Å². The molecule has 0 unspecified atom stereocenters. The topological polar surface area (TPSA) is 41.1 Å². The predicted molar refractivity (Wildman–Crippen MR) is 94.0 cm³/mol. The second-order valence-electron chi connectivity index (χ2n) is 4.40. The second-order valence-corrected chi connectivity index (χ2v) is 6.13. The lowest BCUT2D eigenvalue weighted by molar-refractivity contribution is 0.0978. The average Bonchev–Trinajstić information content (AvgIpc) is 2.42. The molecule has 2 rings (SSSR count). The van der Waals surface area contributed by atoms with Crippen molar-refractivity contribution in [2.45, 2.75) is 6.92 Å². The van der Waals surface area contributed by atoms with Crippen LogP contribution in [0, 0.1) is 6.92 Å². The summed E-state index contributed by atoms with van der Waals surface area (Å²) in [4.78, 5) is 12.0. The van der Waals surface area contributed by atoms with Crippen LogP contribution >= 0.6 is 39.7 Å². The van der Waals surface area contributed by atoms with Crippen molar-refractivity contribution in [3.63, 3.8) is 0 Å². The Kier molecular flexibility index (Phi) is 5.33. The molecule has 21 heavy (non-hydrogen) atoms. The second kappa shape index (κ2) is 7.02. The van der Waals surface area contributed by atoms with E-state index in [4.69, 9.17) is 23.8 Å². The van der Waals surface area contributed by atoms with Gasteiger partial charge in [0.15, 0.2) is 5.11 Å². The number of anilines is 1. The van der Waals surface area contributed by atoms with Crippen molar-refractivity contribution in [3.8, 4) is 0 Å². The van der Waals surface area contributed by atoms with Crippen LogP contribution in [0.15, 0.2) is 46.9 Å². The summed E-state index contributed by atoms with van der Waals surface area (Å²) < 4.78 is 0.868. The zero-order chi connectivity index (χ0) is 15.4. The van der Waals surface area contributed by atoms with Crippen LogP contribution in [0.2, 0.25) is 5.02 Å². The Bertz CT molecular complexity index is 689. The molecule has 108 valence electrons. The van der Waals surface area contributed by atoms with E-state index in [1.165, 1.54) is 0 Å². The van der Waals surface area contributed by atoms with Crippen LogP contribution in [-0.4, -0.2) is 11.0 Å². The number of benzene rings is 2. The Morgan fingerprint density at radius 3 is 2.48 bits per heavy atom. The monoisotopic (exact) mass is 382 g/mol. The summed E-state index contributed by atoms with van der Waals surface area (Å²) in [7, 11) is 0. The van der Waals surface area contributed by atoms with E-state index in [-0.39, 0.29) is 11.0 Å². The molecule has 0 radical (unpaired) electrons. The number of thiocarbonyl (C=S) groups is 1. The number of carbonyl (C=O) groups is 1. The van der Waals surface area contributed by atoms with Gasteiger partial charge in [-0.3, -0.25) is 10.1 Å². The van der Waals surface area contributed by atoms with Crippen LogP contribution in [-0.2, 0) is 0 Å². The van der Waals surface area contributed by atoms with Crippen molar-refractivity contribution in [1.29, 1.82) is 0 Å². The molecule has 3 nitrogen and oxygen atoms in total. The molecule has 0 aliphatic rings. The molecule has 0 saturated heterocycles. The summed E-state index contributed by atoms with van der Waals surface area (Å²) in [5, 5.41) is 6.22. The van der Waals surface area contributed by atoms with E-state index in [9.17, 15) is 4.79 Å². The van der Waals surface area contributed by atoms with Gasteiger partial charge in [-0.2, -0.15) is 0 Å². The molecular formula is C15H12BrClN2OS. The molecular weight excluding hydrogens is 372 g/mol. The molecule has 0 saturated carbocycles. The van der Waals surface area contributed by atoms with Gasteiger partial charge in [-0.15, -0.1) is 0 Å². The highest BCUT2D eigenvalue weighted by molar-refractivity contribution is 9.10. The van der Waals surface area contributed by atoms with Crippen molar-refractivity contribution >= 4 is 56.5 Å². The number of hydrogen-bond donors (Lipinski definition) is 2. The van der Waals surface area contributed by atoms with E-state index in [2.05, 4.69) is 26.6 Å². The van der Waals surface area contributed by atoms with Gasteiger partial charge in [0.1, 0.15) is 0 Å². The maximum absolute atomic E-state index is 12.0. The number of nitrogens with one attached hydrogen (secondary N) is 2. The van der Waals surface area contributed by atoms with Gasteiger partial charge in [0, 0.05) is 10.0 Å². The van der Waals surface area contributed by atoms with Gasteiger partial charge < -0.3 is 5.32 Å². The lowest BCUT2D eigenvalue weighted by atomic mass is 10.1. The van der Waals surface area contributed by atoms with E-state index >= 15 is 0 Å². The quantitative estimate of drug-likeness (QED) is 0.748. The van der Waals surface area contributed by atoms with E-state index in [1.807, 2.05) is 25.1 Å². The predicted octanol–water partition coefficient (Wildman–Crippen LogP) is 4.54. The Morgan fingerprint density at radius 1 is 1.19 bits per heavy atom. The first-order valence-electron chi connectivity index (χ1n) is 6.10. The summed E-state index contributed by atoms with van der Waals surface area (Å²) >= 11 is 14.5. The molecule has 2 N–H and O–H groups in total. The minimum Gasteiger partial charge on any atom is -0.331 e. The molecule has 1 amide bonds. The molecule has 2 aromatic rings. The van der Waals surface area contributed by atoms with Crippen LogP contribution in [0.25, 0.3) is 0 Å². The standard InChI is InChI=1S/C15H12BrClN2OS/c1-9-2-4-10(5-3-9)14(20)19-15(21)18-13-7-6-11(16)8-12(13)17/h2-8H,1H3,(H2,18,19,20,21). The van der Waals surface area contributed by atoms with Crippen LogP contribution in [0.1, 0.15) is 15.9 Å². The highest BCUT2D eigenvalue weighted by atomic mass is 79.9. The van der Waals surface area contributed by atoms with Gasteiger partial charge in [-0.25, -0.2) is 0 Å². The zero-order valence-corrected chi connectivity index (χ0v) is 14.3. The van der Waals surface area contributed by atoms with Crippen LogP contribution < -0.4 is 10.6 Å². The van der Waals surface area contributed by atoms with Crippen molar-refractivity contribution in [3.05, 3.63) is 63.1 Å². The Balaban J connectivity index is 2.01. The fourth-order valence-electron chi connectivity index (χ4n) is 1.62. The molecule has 0 spiro atoms. The van der Waals surface area contributed by atoms with E-state index in [1.54, 1.807) is 24.3 Å². The first-order valence-corrected chi connectivity index (χ1v) is 7.67. The van der Waals surface area contributed by atoms with Gasteiger partial charge in [0.25, 0.3) is 5.91 Å². The molecule has 0 heterocycles. The van der Waals surface area contributed by atoms with Crippen LogP contribution in [0.5, 0.6) is 0 Å². The van der Waals surface area contributed by atoms with Crippen molar-refractivity contribution in [2.75, 3.05) is 5.32 Å². The van der Waals surface area contributed by atoms with Crippen LogP contribution in [0.4, 0.5) is 5.69 Å². The van der Waals surface area contributed by atoms with E-state index < -0.39 is 0 Å². The lowest BCUT2D eigenvalue weighted by Gasteiger charge is -2.11. The minimum atomic E-state index is -0.263. The van der Waals surface area contributed by atoms with Gasteiger partial charge in [-0.05, 0) is 49.5 Å². The summed E-state index contributed by atoms with van der Waals surface area (Å²) in [5.74, 6) is -0.263. The normalized spacial score (nSPS) is 10.0. The maximum Gasteiger partial charge on any atom is 0.257 e. The summed E-state index contributed by atoms with van der Waals surface area (Å²) in [6.45, 7) is 1.96. The molecule has 0 atom stereocenters. The third-order valence-corrected chi connectivity index (χ3v) is 3.73. The summed E-state index contributed by atoms with van der Waals surface area (Å²) in [5.41, 5.74) is 2.27. The lowest BCUT2D eigenvalue weighted by Crippen LogP contribution is -2.34. The fourth-order valence-corrected chi connectivity index (χ4v) is 2.55. The first-order chi connectivity index (χ1) is 9.95. The highest BCUT2D eigenvalue weighted by Gasteiger charge is 2.09. The average molecular weight is 384 g/mol. The SMILES string of the molecule is Cc1ccc(C(=O)NC(=S)Nc2ccc(Br)cc2Cl)cc1. The van der Waals surface area contributed by atoms with Gasteiger partial charge in [0.05, 0.1) is 10.7 Å². The third-order valence-electron chi connectivity index (χ3n) is 2.72.